The fourth-order valence-electron chi connectivity index (χ4n) is 2.22. The van der Waals surface area contributed by atoms with Crippen molar-refractivity contribution >= 4 is 12.0 Å². The summed E-state index contributed by atoms with van der Waals surface area (Å²) < 4.78 is 12.9. The summed E-state index contributed by atoms with van der Waals surface area (Å²) in [7, 11) is 0. The number of amides is 2. The molecule has 6 nitrogen and oxygen atoms in total. The molecule has 0 spiro atoms. The van der Waals surface area contributed by atoms with Crippen LogP contribution in [0.5, 0.6) is 0 Å². The lowest BCUT2D eigenvalue weighted by Crippen LogP contribution is -2.65. The number of hydrogen-bond donors (Lipinski definition) is 4. The molecule has 0 unspecified atom stereocenters. The molecule has 1 saturated heterocycles. The zero-order valence-corrected chi connectivity index (χ0v) is 10.1. The van der Waals surface area contributed by atoms with Gasteiger partial charge in [-0.2, -0.15) is 0 Å². The minimum absolute atomic E-state index is 0.406. The molecule has 7 heteroatoms. The molecule has 3 atom stereocenters. The zero-order chi connectivity index (χ0) is 14.2. The van der Waals surface area contributed by atoms with Gasteiger partial charge in [0.1, 0.15) is 11.7 Å². The number of hydrogen-bond acceptors (Lipinski definition) is 3. The van der Waals surface area contributed by atoms with E-state index in [-0.39, 0.29) is 0 Å². The van der Waals surface area contributed by atoms with Gasteiger partial charge >= 0.3 is 12.0 Å². The van der Waals surface area contributed by atoms with Crippen LogP contribution in [0.1, 0.15) is 18.5 Å². The van der Waals surface area contributed by atoms with Crippen LogP contribution in [0.15, 0.2) is 24.3 Å². The number of carbonyl (C=O) groups is 2. The van der Waals surface area contributed by atoms with Gasteiger partial charge in [-0.25, -0.2) is 9.18 Å². The Balaban J connectivity index is 2.42. The molecule has 0 saturated carbocycles. The van der Waals surface area contributed by atoms with Gasteiger partial charge in [0, 0.05) is 0 Å². The highest BCUT2D eigenvalue weighted by atomic mass is 19.1. The fourth-order valence-corrected chi connectivity index (χ4v) is 2.22. The fraction of sp³-hybridized carbons (Fsp3) is 0.333. The van der Waals surface area contributed by atoms with E-state index in [2.05, 4.69) is 10.6 Å². The number of benzene rings is 1. The summed E-state index contributed by atoms with van der Waals surface area (Å²) in [5.41, 5.74) is -1.49. The molecule has 1 heterocycles. The van der Waals surface area contributed by atoms with Crippen molar-refractivity contribution in [3.05, 3.63) is 35.6 Å². The first kappa shape index (κ1) is 13.3. The average molecular weight is 268 g/mol. The number of carboxylic acids is 1. The quantitative estimate of drug-likeness (QED) is 0.631. The van der Waals surface area contributed by atoms with E-state index in [1.807, 2.05) is 0 Å². The van der Waals surface area contributed by atoms with E-state index in [1.165, 1.54) is 19.1 Å². The zero-order valence-electron chi connectivity index (χ0n) is 10.1. The largest absolute Gasteiger partial charge is 0.481 e. The molecule has 1 aromatic rings. The Labute approximate surface area is 108 Å². The summed E-state index contributed by atoms with van der Waals surface area (Å²) in [5, 5.41) is 23.8. The number of carboxylic acid groups (broad SMARTS) is 1. The second-order valence-electron chi connectivity index (χ2n) is 4.59. The van der Waals surface area contributed by atoms with Crippen molar-refractivity contribution in [3.63, 3.8) is 0 Å². The third kappa shape index (κ3) is 2.50. The Morgan fingerprint density at radius 2 is 1.95 bits per heavy atom. The van der Waals surface area contributed by atoms with Gasteiger partial charge < -0.3 is 20.8 Å². The Bertz CT molecular complexity index is 515. The van der Waals surface area contributed by atoms with E-state index in [0.717, 1.165) is 12.1 Å². The van der Waals surface area contributed by atoms with Crippen molar-refractivity contribution in [2.75, 3.05) is 0 Å². The molecule has 2 rings (SSSR count). The van der Waals surface area contributed by atoms with Gasteiger partial charge in [0.15, 0.2) is 5.72 Å². The Morgan fingerprint density at radius 3 is 2.47 bits per heavy atom. The van der Waals surface area contributed by atoms with E-state index >= 15 is 0 Å². The number of urea groups is 1. The van der Waals surface area contributed by atoms with Crippen molar-refractivity contribution < 1.29 is 24.2 Å². The lowest BCUT2D eigenvalue weighted by atomic mass is 9.83. The highest BCUT2D eigenvalue weighted by molar-refractivity contribution is 5.82. The molecule has 0 bridgehead atoms. The predicted octanol–water partition coefficient (Wildman–Crippen LogP) is 0.589. The van der Waals surface area contributed by atoms with Crippen LogP contribution in [0.2, 0.25) is 0 Å². The summed E-state index contributed by atoms with van der Waals surface area (Å²) >= 11 is 0. The Kier molecular flexibility index (Phi) is 3.15. The third-order valence-corrected chi connectivity index (χ3v) is 3.09. The maximum Gasteiger partial charge on any atom is 0.317 e. The highest BCUT2D eigenvalue weighted by Gasteiger charge is 2.49. The van der Waals surface area contributed by atoms with Gasteiger partial charge in [-0.05, 0) is 24.6 Å². The van der Waals surface area contributed by atoms with Gasteiger partial charge in [-0.15, -0.1) is 0 Å². The van der Waals surface area contributed by atoms with Crippen LogP contribution in [-0.2, 0) is 4.79 Å². The van der Waals surface area contributed by atoms with Gasteiger partial charge in [-0.3, -0.25) is 4.79 Å². The molecule has 4 N–H and O–H groups in total. The Hall–Kier alpha value is -2.15. The SMILES string of the molecule is C[C@]1(O)NC(=O)N[C@H](c2ccc(F)cc2)[C@H]1C(=O)O. The van der Waals surface area contributed by atoms with Crippen LogP contribution < -0.4 is 10.6 Å². The number of aliphatic carboxylic acids is 1. The van der Waals surface area contributed by atoms with E-state index in [0.29, 0.717) is 5.56 Å². The topological polar surface area (TPSA) is 98.7 Å². The molecule has 102 valence electrons. The van der Waals surface area contributed by atoms with Crippen LogP contribution in [0.4, 0.5) is 9.18 Å². The second-order valence-corrected chi connectivity index (χ2v) is 4.59. The van der Waals surface area contributed by atoms with E-state index in [9.17, 15) is 24.2 Å². The molecule has 0 aliphatic carbocycles. The minimum atomic E-state index is -1.90. The monoisotopic (exact) mass is 268 g/mol. The number of aliphatic hydroxyl groups is 1. The van der Waals surface area contributed by atoms with Crippen LogP contribution in [-0.4, -0.2) is 27.9 Å². The minimum Gasteiger partial charge on any atom is -0.481 e. The maximum atomic E-state index is 12.9. The van der Waals surface area contributed by atoms with Crippen molar-refractivity contribution in [1.82, 2.24) is 10.6 Å². The van der Waals surface area contributed by atoms with Crippen LogP contribution >= 0.6 is 0 Å². The smallest absolute Gasteiger partial charge is 0.317 e. The molecule has 1 aromatic carbocycles. The third-order valence-electron chi connectivity index (χ3n) is 3.09. The molecular formula is C12H13FN2O4. The van der Waals surface area contributed by atoms with E-state index in [1.54, 1.807) is 0 Å². The van der Waals surface area contributed by atoms with Gasteiger partial charge in [0.2, 0.25) is 0 Å². The highest BCUT2D eigenvalue weighted by Crippen LogP contribution is 2.32. The molecule has 0 radical (unpaired) electrons. The van der Waals surface area contributed by atoms with Gasteiger partial charge in [0.05, 0.1) is 6.04 Å². The number of halogens is 1. The van der Waals surface area contributed by atoms with Crippen molar-refractivity contribution in [2.45, 2.75) is 18.7 Å². The number of rotatable bonds is 2. The normalized spacial score (nSPS) is 30.4. The first-order valence-corrected chi connectivity index (χ1v) is 5.60. The second kappa shape index (κ2) is 4.51. The summed E-state index contributed by atoms with van der Waals surface area (Å²) in [6.07, 6.45) is 0. The van der Waals surface area contributed by atoms with Crippen LogP contribution in [0.3, 0.4) is 0 Å². The molecule has 19 heavy (non-hydrogen) atoms. The van der Waals surface area contributed by atoms with Gasteiger partial charge in [-0.1, -0.05) is 12.1 Å². The Morgan fingerprint density at radius 1 is 1.37 bits per heavy atom. The first-order chi connectivity index (χ1) is 8.81. The summed E-state index contributed by atoms with van der Waals surface area (Å²) in [5.74, 6) is -3.04. The lowest BCUT2D eigenvalue weighted by molar-refractivity contribution is -0.156. The predicted molar refractivity (Wildman–Crippen MR) is 62.6 cm³/mol. The van der Waals surface area contributed by atoms with Crippen molar-refractivity contribution in [1.29, 1.82) is 0 Å². The van der Waals surface area contributed by atoms with Crippen LogP contribution in [0, 0.1) is 11.7 Å². The molecule has 1 fully saturated rings. The molecular weight excluding hydrogens is 255 g/mol. The number of carbonyl (C=O) groups excluding carboxylic acids is 1. The molecule has 1 aliphatic heterocycles. The van der Waals surface area contributed by atoms with Crippen molar-refractivity contribution in [3.8, 4) is 0 Å². The van der Waals surface area contributed by atoms with Gasteiger partial charge in [0.25, 0.3) is 0 Å². The maximum absolute atomic E-state index is 12.9. The molecule has 1 aliphatic rings. The standard InChI is InChI=1S/C12H13FN2O4/c1-12(19)8(10(16)17)9(14-11(18)15-12)6-2-4-7(13)5-3-6/h2-5,8-9,19H,1H3,(H,16,17)(H2,14,15,18)/t8-,9+,12+/m0/s1. The average Bonchev–Trinajstić information content (AvgIpc) is 2.26. The molecule has 2 amide bonds. The van der Waals surface area contributed by atoms with Crippen molar-refractivity contribution in [2.24, 2.45) is 5.92 Å². The summed E-state index contributed by atoms with van der Waals surface area (Å²) in [4.78, 5) is 22.8. The first-order valence-electron chi connectivity index (χ1n) is 5.60. The number of nitrogens with one attached hydrogen (secondary N) is 2. The van der Waals surface area contributed by atoms with Crippen LogP contribution in [0.25, 0.3) is 0 Å². The molecule has 0 aromatic heterocycles. The summed E-state index contributed by atoms with van der Waals surface area (Å²) in [6.45, 7) is 1.21. The van der Waals surface area contributed by atoms with E-state index < -0.39 is 35.5 Å². The van der Waals surface area contributed by atoms with E-state index in [4.69, 9.17) is 0 Å². The summed E-state index contributed by atoms with van der Waals surface area (Å²) in [6, 6.07) is 3.45. The lowest BCUT2D eigenvalue weighted by Gasteiger charge is -2.41.